The lowest BCUT2D eigenvalue weighted by Crippen LogP contribution is -2.35. The molecule has 1 amide bonds. The Morgan fingerprint density at radius 2 is 1.73 bits per heavy atom. The van der Waals surface area contributed by atoms with Crippen molar-refractivity contribution in [3.8, 4) is 0 Å². The van der Waals surface area contributed by atoms with Gasteiger partial charge in [0.25, 0.3) is 0 Å². The van der Waals surface area contributed by atoms with Gasteiger partial charge in [-0.15, -0.1) is 0 Å². The van der Waals surface area contributed by atoms with Gasteiger partial charge in [0.05, 0.1) is 6.08 Å². The van der Waals surface area contributed by atoms with Crippen LogP contribution in [0.4, 0.5) is 13.2 Å². The van der Waals surface area contributed by atoms with E-state index in [9.17, 15) is 18.0 Å². The Kier molecular flexibility index (Phi) is 3.60. The van der Waals surface area contributed by atoms with Crippen molar-refractivity contribution in [2.75, 3.05) is 13.1 Å². The Bertz CT molecular complexity index is 267. The van der Waals surface area contributed by atoms with E-state index in [0.717, 1.165) is 19.3 Å². The summed E-state index contributed by atoms with van der Waals surface area (Å²) >= 11 is 0. The summed E-state index contributed by atoms with van der Waals surface area (Å²) in [7, 11) is 0. The van der Waals surface area contributed by atoms with Crippen LogP contribution in [0, 0.1) is 0 Å². The number of likely N-dealkylation sites (tertiary alicyclic amines) is 1. The van der Waals surface area contributed by atoms with E-state index in [2.05, 4.69) is 0 Å². The molecule has 0 unspecified atom stereocenters. The first-order chi connectivity index (χ1) is 6.91. The van der Waals surface area contributed by atoms with Crippen molar-refractivity contribution in [3.63, 3.8) is 0 Å². The number of allylic oxidation sites excluding steroid dienone is 1. The van der Waals surface area contributed by atoms with Gasteiger partial charge < -0.3 is 10.0 Å². The molecule has 0 aromatic heterocycles. The quantitative estimate of drug-likeness (QED) is 0.545. The van der Waals surface area contributed by atoms with E-state index in [0.29, 0.717) is 13.1 Å². The van der Waals surface area contributed by atoms with Crippen LogP contribution in [0.25, 0.3) is 0 Å². The zero-order valence-corrected chi connectivity index (χ0v) is 8.05. The first kappa shape index (κ1) is 11.9. The molecule has 1 fully saturated rings. The zero-order chi connectivity index (χ0) is 11.5. The van der Waals surface area contributed by atoms with Crippen LogP contribution in [0.2, 0.25) is 0 Å². The molecule has 0 spiro atoms. The number of halogens is 3. The Morgan fingerprint density at radius 1 is 1.20 bits per heavy atom. The number of alkyl halides is 3. The van der Waals surface area contributed by atoms with Gasteiger partial charge in [-0.1, -0.05) is 0 Å². The molecule has 0 aromatic carbocycles. The predicted molar refractivity (Wildman–Crippen MR) is 47.2 cm³/mol. The normalized spacial score (nSPS) is 19.1. The van der Waals surface area contributed by atoms with Crippen molar-refractivity contribution in [1.82, 2.24) is 4.90 Å². The number of nitrogens with zero attached hydrogens (tertiary/aromatic N) is 1. The monoisotopic (exact) mass is 223 g/mol. The highest BCUT2D eigenvalue weighted by atomic mass is 19.4. The summed E-state index contributed by atoms with van der Waals surface area (Å²) in [5.41, 5.74) is 0. The van der Waals surface area contributed by atoms with Gasteiger partial charge in [-0.05, 0) is 19.3 Å². The highest BCUT2D eigenvalue weighted by Crippen LogP contribution is 2.23. The minimum absolute atomic E-state index is 0.241. The third kappa shape index (κ3) is 3.45. The third-order valence-corrected chi connectivity index (χ3v) is 2.22. The van der Waals surface area contributed by atoms with E-state index < -0.39 is 17.8 Å². The van der Waals surface area contributed by atoms with Crippen LogP contribution in [0.15, 0.2) is 11.8 Å². The largest absolute Gasteiger partial charge is 0.504 e. The van der Waals surface area contributed by atoms with E-state index >= 15 is 0 Å². The maximum absolute atomic E-state index is 11.9. The summed E-state index contributed by atoms with van der Waals surface area (Å²) in [6.07, 6.45) is -2.02. The molecule has 0 atom stereocenters. The molecule has 6 heteroatoms. The van der Waals surface area contributed by atoms with Gasteiger partial charge in [0.2, 0.25) is 11.7 Å². The molecule has 15 heavy (non-hydrogen) atoms. The lowest BCUT2D eigenvalue weighted by molar-refractivity contribution is -0.132. The topological polar surface area (TPSA) is 40.5 Å². The second kappa shape index (κ2) is 4.55. The van der Waals surface area contributed by atoms with Crippen molar-refractivity contribution in [2.24, 2.45) is 0 Å². The summed E-state index contributed by atoms with van der Waals surface area (Å²) in [5.74, 6) is -2.61. The van der Waals surface area contributed by atoms with Gasteiger partial charge in [-0.25, -0.2) is 0 Å². The number of aliphatic hydroxyl groups excluding tert-OH is 1. The van der Waals surface area contributed by atoms with E-state index in [1.54, 1.807) is 0 Å². The molecule has 0 radical (unpaired) electrons. The average Bonchev–Trinajstić information content (AvgIpc) is 2.17. The molecule has 0 aromatic rings. The van der Waals surface area contributed by atoms with Crippen LogP contribution >= 0.6 is 0 Å². The van der Waals surface area contributed by atoms with Crippen LogP contribution in [-0.4, -0.2) is 35.2 Å². The number of carbonyl (C=O) groups is 1. The Hall–Kier alpha value is -1.20. The van der Waals surface area contributed by atoms with Gasteiger partial charge in [0.1, 0.15) is 0 Å². The Balaban J connectivity index is 2.60. The van der Waals surface area contributed by atoms with Crippen LogP contribution in [-0.2, 0) is 4.79 Å². The molecule has 86 valence electrons. The average molecular weight is 223 g/mol. The molecule has 0 aliphatic carbocycles. The standard InChI is InChI=1S/C9H12F3NO2/c10-9(11,12)7(14)6-8(15)13-4-2-1-3-5-13/h6,14H,1-5H2/b7-6-. The summed E-state index contributed by atoms with van der Waals surface area (Å²) in [5, 5.41) is 8.58. The molecule has 1 N–H and O–H groups in total. The van der Waals surface area contributed by atoms with E-state index in [4.69, 9.17) is 5.11 Å². The minimum atomic E-state index is -4.84. The Morgan fingerprint density at radius 3 is 2.20 bits per heavy atom. The SMILES string of the molecule is O=C(/C=C(\O)C(F)(F)F)N1CCCCC1. The number of piperidine rings is 1. The highest BCUT2D eigenvalue weighted by molar-refractivity contribution is 5.88. The molecule has 1 heterocycles. The second-order valence-corrected chi connectivity index (χ2v) is 3.41. The van der Waals surface area contributed by atoms with Gasteiger partial charge in [-0.2, -0.15) is 13.2 Å². The lowest BCUT2D eigenvalue weighted by atomic mass is 10.1. The summed E-state index contributed by atoms with van der Waals surface area (Å²) in [6.45, 7) is 0.918. The van der Waals surface area contributed by atoms with Gasteiger partial charge in [0, 0.05) is 13.1 Å². The fourth-order valence-electron chi connectivity index (χ4n) is 1.40. The molecular formula is C9H12F3NO2. The molecule has 1 aliphatic heterocycles. The number of hydrogen-bond donors (Lipinski definition) is 1. The number of amides is 1. The van der Waals surface area contributed by atoms with Crippen molar-refractivity contribution in [1.29, 1.82) is 0 Å². The minimum Gasteiger partial charge on any atom is -0.504 e. The van der Waals surface area contributed by atoms with Crippen molar-refractivity contribution >= 4 is 5.91 Å². The molecule has 0 bridgehead atoms. The molecule has 1 aliphatic rings. The summed E-state index contributed by atoms with van der Waals surface area (Å²) in [4.78, 5) is 12.6. The fraction of sp³-hybridized carbons (Fsp3) is 0.667. The van der Waals surface area contributed by atoms with Gasteiger partial charge >= 0.3 is 6.18 Å². The molecule has 0 saturated carbocycles. The van der Waals surface area contributed by atoms with Gasteiger partial charge in [0.15, 0.2) is 0 Å². The molecular weight excluding hydrogens is 211 g/mol. The highest BCUT2D eigenvalue weighted by Gasteiger charge is 2.34. The summed E-state index contributed by atoms with van der Waals surface area (Å²) in [6, 6.07) is 0. The maximum atomic E-state index is 11.9. The van der Waals surface area contributed by atoms with Crippen LogP contribution in [0.5, 0.6) is 0 Å². The van der Waals surface area contributed by atoms with E-state index in [1.807, 2.05) is 0 Å². The van der Waals surface area contributed by atoms with Crippen LogP contribution in [0.1, 0.15) is 19.3 Å². The third-order valence-electron chi connectivity index (χ3n) is 2.22. The van der Waals surface area contributed by atoms with Crippen molar-refractivity contribution in [2.45, 2.75) is 25.4 Å². The first-order valence-corrected chi connectivity index (χ1v) is 4.68. The summed E-state index contributed by atoms with van der Waals surface area (Å²) < 4.78 is 35.7. The molecule has 1 saturated heterocycles. The van der Waals surface area contributed by atoms with E-state index in [1.165, 1.54) is 4.90 Å². The second-order valence-electron chi connectivity index (χ2n) is 3.41. The maximum Gasteiger partial charge on any atom is 0.448 e. The smallest absolute Gasteiger partial charge is 0.448 e. The zero-order valence-electron chi connectivity index (χ0n) is 8.05. The number of aliphatic hydroxyl groups is 1. The number of hydrogen-bond acceptors (Lipinski definition) is 2. The lowest BCUT2D eigenvalue weighted by Gasteiger charge is -2.25. The number of carbonyl (C=O) groups excluding carboxylic acids is 1. The van der Waals surface area contributed by atoms with Crippen LogP contribution in [0.3, 0.4) is 0 Å². The fourth-order valence-corrected chi connectivity index (χ4v) is 1.40. The predicted octanol–water partition coefficient (Wildman–Crippen LogP) is 2.00. The van der Waals surface area contributed by atoms with Gasteiger partial charge in [-0.3, -0.25) is 4.79 Å². The van der Waals surface area contributed by atoms with Crippen LogP contribution < -0.4 is 0 Å². The number of rotatable bonds is 1. The molecule has 3 nitrogen and oxygen atoms in total. The first-order valence-electron chi connectivity index (χ1n) is 4.68. The van der Waals surface area contributed by atoms with Crippen molar-refractivity contribution in [3.05, 3.63) is 11.8 Å². The van der Waals surface area contributed by atoms with E-state index in [-0.39, 0.29) is 6.08 Å². The van der Waals surface area contributed by atoms with Crippen molar-refractivity contribution < 1.29 is 23.1 Å². The Labute approximate surface area is 85.2 Å². The molecule has 1 rings (SSSR count).